The molecule has 0 aliphatic carbocycles. The molecule has 0 saturated carbocycles. The molecule has 1 rings (SSSR count). The van der Waals surface area contributed by atoms with Gasteiger partial charge in [0.15, 0.2) is 0 Å². The van der Waals surface area contributed by atoms with E-state index < -0.39 is 0 Å². The molecular weight excluding hydrogens is 150 g/mol. The van der Waals surface area contributed by atoms with Crippen LogP contribution in [0.5, 0.6) is 0 Å². The second-order valence-corrected chi connectivity index (χ2v) is 4.30. The summed E-state index contributed by atoms with van der Waals surface area (Å²) in [5.74, 6) is 0.385. The lowest BCUT2D eigenvalue weighted by Crippen LogP contribution is -2.46. The van der Waals surface area contributed by atoms with Crippen molar-refractivity contribution in [2.45, 2.75) is 46.1 Å². The molecule has 0 spiro atoms. The second kappa shape index (κ2) is 3.56. The van der Waals surface area contributed by atoms with Gasteiger partial charge in [-0.25, -0.2) is 0 Å². The fraction of sp³-hybridized carbons (Fsp3) is 0.900. The molecule has 2 nitrogen and oxygen atoms in total. The lowest BCUT2D eigenvalue weighted by molar-refractivity contribution is -0.127. The van der Waals surface area contributed by atoms with E-state index in [0.29, 0.717) is 18.2 Å². The molecule has 2 heteroatoms. The number of carbonyl (C=O) groups is 1. The number of nitrogens with one attached hydrogen (secondary N) is 1. The summed E-state index contributed by atoms with van der Waals surface area (Å²) in [6, 6.07) is 0.593. The number of hydrogen-bond donors (Lipinski definition) is 1. The van der Waals surface area contributed by atoms with Crippen molar-refractivity contribution in [2.75, 3.05) is 6.54 Å². The Kier molecular flexibility index (Phi) is 2.89. The summed E-state index contributed by atoms with van der Waals surface area (Å²) in [4.78, 5) is 11.5. The quantitative estimate of drug-likeness (QED) is 0.694. The highest BCUT2D eigenvalue weighted by Crippen LogP contribution is 2.27. The molecule has 1 aliphatic rings. The smallest absolute Gasteiger partial charge is 0.138 e. The van der Waals surface area contributed by atoms with Crippen molar-refractivity contribution in [1.82, 2.24) is 5.32 Å². The van der Waals surface area contributed by atoms with Crippen molar-refractivity contribution in [3.63, 3.8) is 0 Å². The highest BCUT2D eigenvalue weighted by atomic mass is 16.1. The van der Waals surface area contributed by atoms with E-state index in [1.165, 1.54) is 6.42 Å². The Morgan fingerprint density at radius 3 is 2.50 bits per heavy atom. The molecule has 0 radical (unpaired) electrons. The molecule has 0 aromatic heterocycles. The molecule has 0 bridgehead atoms. The van der Waals surface area contributed by atoms with E-state index >= 15 is 0 Å². The number of hydrogen-bond acceptors (Lipinski definition) is 2. The molecular formula is C10H19NO. The Balaban J connectivity index is 2.40. The Labute approximate surface area is 74.7 Å². The molecule has 1 aliphatic heterocycles. The van der Waals surface area contributed by atoms with Gasteiger partial charge in [-0.1, -0.05) is 20.8 Å². The van der Waals surface area contributed by atoms with Gasteiger partial charge in [0.05, 0.1) is 0 Å². The second-order valence-electron chi connectivity index (χ2n) is 4.30. The van der Waals surface area contributed by atoms with Crippen molar-refractivity contribution in [2.24, 2.45) is 5.41 Å². The molecule has 70 valence electrons. The van der Waals surface area contributed by atoms with Crippen LogP contribution in [0.4, 0.5) is 0 Å². The maximum absolute atomic E-state index is 11.5. The van der Waals surface area contributed by atoms with E-state index in [2.05, 4.69) is 19.2 Å². The van der Waals surface area contributed by atoms with Gasteiger partial charge in [-0.3, -0.25) is 4.79 Å². The fourth-order valence-corrected chi connectivity index (χ4v) is 1.73. The van der Waals surface area contributed by atoms with Gasteiger partial charge >= 0.3 is 0 Å². The van der Waals surface area contributed by atoms with Crippen LogP contribution in [0, 0.1) is 5.41 Å². The Hall–Kier alpha value is -0.370. The standard InChI is InChI=1S/C10H19NO/c1-4-9(12)10(2,3)7-8-5-6-11-8/h8,11H,4-7H2,1-3H3/t8-/m0/s1. The molecule has 1 N–H and O–H groups in total. The van der Waals surface area contributed by atoms with Crippen LogP contribution >= 0.6 is 0 Å². The van der Waals surface area contributed by atoms with Gasteiger partial charge in [-0.05, 0) is 19.4 Å². The predicted molar refractivity (Wildman–Crippen MR) is 50.1 cm³/mol. The first kappa shape index (κ1) is 9.72. The van der Waals surface area contributed by atoms with Crippen molar-refractivity contribution in [3.8, 4) is 0 Å². The summed E-state index contributed by atoms with van der Waals surface area (Å²) in [6.07, 6.45) is 2.90. The van der Waals surface area contributed by atoms with Gasteiger partial charge in [0.2, 0.25) is 0 Å². The molecule has 0 unspecified atom stereocenters. The minimum atomic E-state index is -0.118. The summed E-state index contributed by atoms with van der Waals surface area (Å²) in [7, 11) is 0. The molecule has 0 aromatic rings. The van der Waals surface area contributed by atoms with Crippen molar-refractivity contribution in [1.29, 1.82) is 0 Å². The normalized spacial score (nSPS) is 23.4. The first-order valence-corrected chi connectivity index (χ1v) is 4.83. The minimum absolute atomic E-state index is 0.118. The van der Waals surface area contributed by atoms with Crippen molar-refractivity contribution in [3.05, 3.63) is 0 Å². The molecule has 0 aromatic carbocycles. The van der Waals surface area contributed by atoms with Gasteiger partial charge in [0.1, 0.15) is 5.78 Å². The SMILES string of the molecule is CCC(=O)C(C)(C)C[C@@H]1CCN1. The largest absolute Gasteiger partial charge is 0.314 e. The molecule has 1 saturated heterocycles. The molecule has 1 heterocycles. The monoisotopic (exact) mass is 169 g/mol. The predicted octanol–water partition coefficient (Wildman–Crippen LogP) is 1.74. The van der Waals surface area contributed by atoms with Gasteiger partial charge in [-0.2, -0.15) is 0 Å². The van der Waals surface area contributed by atoms with Crippen LogP contribution in [-0.4, -0.2) is 18.4 Å². The van der Waals surface area contributed by atoms with E-state index in [4.69, 9.17) is 0 Å². The van der Waals surface area contributed by atoms with Crippen LogP contribution in [0.1, 0.15) is 40.0 Å². The average Bonchev–Trinajstić information content (AvgIpc) is 1.95. The van der Waals surface area contributed by atoms with Gasteiger partial charge in [0, 0.05) is 17.9 Å². The van der Waals surface area contributed by atoms with Crippen molar-refractivity contribution >= 4 is 5.78 Å². The third-order valence-electron chi connectivity index (χ3n) is 2.76. The van der Waals surface area contributed by atoms with Crippen LogP contribution in [0.3, 0.4) is 0 Å². The zero-order chi connectivity index (χ0) is 9.19. The van der Waals surface area contributed by atoms with E-state index in [1.807, 2.05) is 6.92 Å². The Morgan fingerprint density at radius 1 is 1.58 bits per heavy atom. The highest BCUT2D eigenvalue weighted by molar-refractivity contribution is 5.83. The number of Topliss-reactive ketones (excluding diaryl/α,β-unsaturated/α-hetero) is 1. The average molecular weight is 169 g/mol. The van der Waals surface area contributed by atoms with Crippen LogP contribution in [0.15, 0.2) is 0 Å². The number of carbonyl (C=O) groups excluding carboxylic acids is 1. The van der Waals surface area contributed by atoms with Crippen LogP contribution in [0.2, 0.25) is 0 Å². The first-order chi connectivity index (χ1) is 5.56. The highest BCUT2D eigenvalue weighted by Gasteiger charge is 2.31. The third-order valence-corrected chi connectivity index (χ3v) is 2.76. The van der Waals surface area contributed by atoms with E-state index in [9.17, 15) is 4.79 Å². The zero-order valence-corrected chi connectivity index (χ0v) is 8.31. The third kappa shape index (κ3) is 2.07. The van der Waals surface area contributed by atoms with E-state index in [0.717, 1.165) is 13.0 Å². The molecule has 1 atom stereocenters. The molecule has 12 heavy (non-hydrogen) atoms. The van der Waals surface area contributed by atoms with Crippen LogP contribution in [-0.2, 0) is 4.79 Å². The zero-order valence-electron chi connectivity index (χ0n) is 8.31. The van der Waals surface area contributed by atoms with Crippen LogP contribution < -0.4 is 5.32 Å². The number of ketones is 1. The number of rotatable bonds is 4. The minimum Gasteiger partial charge on any atom is -0.314 e. The summed E-state index contributed by atoms with van der Waals surface area (Å²) in [5, 5.41) is 3.33. The Morgan fingerprint density at radius 2 is 2.17 bits per heavy atom. The Bertz CT molecular complexity index is 171. The lowest BCUT2D eigenvalue weighted by atomic mass is 9.78. The summed E-state index contributed by atoms with van der Waals surface area (Å²) >= 11 is 0. The molecule has 1 fully saturated rings. The van der Waals surface area contributed by atoms with E-state index in [1.54, 1.807) is 0 Å². The summed E-state index contributed by atoms with van der Waals surface area (Å²) < 4.78 is 0. The van der Waals surface area contributed by atoms with Crippen molar-refractivity contribution < 1.29 is 4.79 Å². The van der Waals surface area contributed by atoms with Crippen LogP contribution in [0.25, 0.3) is 0 Å². The van der Waals surface area contributed by atoms with E-state index in [-0.39, 0.29) is 5.41 Å². The molecule has 0 amide bonds. The fourth-order valence-electron chi connectivity index (χ4n) is 1.73. The van der Waals surface area contributed by atoms with Gasteiger partial charge < -0.3 is 5.32 Å². The first-order valence-electron chi connectivity index (χ1n) is 4.83. The van der Waals surface area contributed by atoms with Gasteiger partial charge in [0.25, 0.3) is 0 Å². The maximum atomic E-state index is 11.5. The topological polar surface area (TPSA) is 29.1 Å². The maximum Gasteiger partial charge on any atom is 0.138 e. The summed E-state index contributed by atoms with van der Waals surface area (Å²) in [5.41, 5.74) is -0.118. The lowest BCUT2D eigenvalue weighted by Gasteiger charge is -2.34. The summed E-state index contributed by atoms with van der Waals surface area (Å²) in [6.45, 7) is 7.18. The van der Waals surface area contributed by atoms with Gasteiger partial charge in [-0.15, -0.1) is 0 Å².